The lowest BCUT2D eigenvalue weighted by atomic mass is 10.3. The molecule has 0 aliphatic heterocycles. The van der Waals surface area contributed by atoms with Crippen LogP contribution in [0.4, 0.5) is 44.3 Å². The average molecular weight is 838 g/mol. The van der Waals surface area contributed by atoms with Gasteiger partial charge in [-0.1, -0.05) is 0 Å². The molecule has 1 atom stereocenters. The van der Waals surface area contributed by atoms with E-state index in [1.807, 2.05) is 4.74 Å². The van der Waals surface area contributed by atoms with Crippen molar-refractivity contribution in [2.45, 2.75) is 68.4 Å². The van der Waals surface area contributed by atoms with E-state index in [1.165, 1.54) is 42.7 Å². The molecule has 0 aliphatic rings. The molecular weight excluding hydrogens is 793 g/mol. The van der Waals surface area contributed by atoms with Crippen LogP contribution in [-0.4, -0.2) is 148 Å². The maximum Gasteiger partial charge on any atom is 0.500 e. The summed E-state index contributed by atoms with van der Waals surface area (Å²) in [5.74, 6) is -2.32. The lowest BCUT2D eigenvalue weighted by Crippen LogP contribution is -2.53. The van der Waals surface area contributed by atoms with Crippen molar-refractivity contribution in [3.63, 3.8) is 0 Å². The van der Waals surface area contributed by atoms with Crippen LogP contribution in [0.1, 0.15) is 25.7 Å². The molecule has 0 aromatic rings. The van der Waals surface area contributed by atoms with Gasteiger partial charge < -0.3 is 55.6 Å². The fourth-order valence-electron chi connectivity index (χ4n) is 3.74. The summed E-state index contributed by atoms with van der Waals surface area (Å²) in [6.07, 6.45) is -28.6. The van der Waals surface area contributed by atoms with Gasteiger partial charge in [0.15, 0.2) is 6.10 Å². The number of alkyl carbamates (subject to hydrolysis) is 1. The van der Waals surface area contributed by atoms with E-state index in [-0.39, 0.29) is 19.8 Å². The van der Waals surface area contributed by atoms with Crippen LogP contribution in [0.15, 0.2) is 0 Å². The molecule has 27 heteroatoms. The standard InChI is InChI=1S/C26H44F9NO15Si2/c1-40-52(41-2,42-3)15-7-11-36-22(39)50-19(17-46-12-8-16-53(43-4,44-5)45-6)18-48-21(38)10-9-20(37)47-13-14-49-25(32,33)26(34,35)51-24(30,31)23(27,28)29/h19H,7-18H2,1-6H3,(H,36,39). The zero-order valence-electron chi connectivity index (χ0n) is 29.6. The summed E-state index contributed by atoms with van der Waals surface area (Å²) in [4.78, 5) is 36.5. The molecule has 0 fully saturated rings. The van der Waals surface area contributed by atoms with E-state index in [4.69, 9.17) is 40.8 Å². The molecule has 0 spiro atoms. The van der Waals surface area contributed by atoms with E-state index < -0.39 is 98.9 Å². The Bertz CT molecular complexity index is 1070. The number of rotatable bonds is 29. The Labute approximate surface area is 300 Å². The average Bonchev–Trinajstić information content (AvgIpc) is 3.09. The first-order chi connectivity index (χ1) is 24.5. The Morgan fingerprint density at radius 1 is 0.604 bits per heavy atom. The van der Waals surface area contributed by atoms with Crippen molar-refractivity contribution in [2.24, 2.45) is 0 Å². The quantitative estimate of drug-likeness (QED) is 0.0378. The number of esters is 2. The van der Waals surface area contributed by atoms with Gasteiger partial charge in [0.05, 0.1) is 26.1 Å². The van der Waals surface area contributed by atoms with Gasteiger partial charge in [0, 0.05) is 67.9 Å². The fraction of sp³-hybridized carbons (Fsp3) is 0.885. The SMILES string of the molecule is CO[Si](CCCNC(=O)OC(COCCC[Si](OC)(OC)OC)COC(=O)CCC(=O)OCCOC(F)(F)C(F)(F)OC(F)(F)C(F)(F)F)(OC)OC. The Balaban J connectivity index is 4.96. The summed E-state index contributed by atoms with van der Waals surface area (Å²) in [7, 11) is 2.76. The second kappa shape index (κ2) is 23.5. The number of amides is 1. The second-order valence-electron chi connectivity index (χ2n) is 10.2. The lowest BCUT2D eigenvalue weighted by Gasteiger charge is -2.29. The third-order valence-electron chi connectivity index (χ3n) is 6.66. The smallest absolute Gasteiger partial charge is 0.463 e. The Kier molecular flexibility index (Phi) is 22.5. The molecule has 0 radical (unpaired) electrons. The third-order valence-corrected chi connectivity index (χ3v) is 12.3. The van der Waals surface area contributed by atoms with Crippen LogP contribution in [0.2, 0.25) is 12.1 Å². The molecule has 0 aliphatic carbocycles. The second-order valence-corrected chi connectivity index (χ2v) is 16.4. The Morgan fingerprint density at radius 2 is 1.09 bits per heavy atom. The van der Waals surface area contributed by atoms with Crippen molar-refractivity contribution in [1.82, 2.24) is 5.32 Å². The number of halogens is 9. The minimum absolute atomic E-state index is 0.115. The number of hydrogen-bond acceptors (Lipinski definition) is 15. The minimum Gasteiger partial charge on any atom is -0.463 e. The molecule has 16 nitrogen and oxygen atoms in total. The summed E-state index contributed by atoms with van der Waals surface area (Å²) >= 11 is 0. The molecule has 0 aromatic carbocycles. The molecule has 0 aromatic heterocycles. The van der Waals surface area contributed by atoms with Gasteiger partial charge in [-0.3, -0.25) is 9.59 Å². The van der Waals surface area contributed by atoms with Crippen LogP contribution in [0, 0.1) is 0 Å². The van der Waals surface area contributed by atoms with Crippen molar-refractivity contribution in [2.75, 3.05) is 82.2 Å². The van der Waals surface area contributed by atoms with Crippen LogP contribution in [0.25, 0.3) is 0 Å². The number of carbonyl (C=O) groups is 3. The molecule has 0 heterocycles. The largest absolute Gasteiger partial charge is 0.500 e. The maximum absolute atomic E-state index is 13.4. The Hall–Kier alpha value is -2.35. The van der Waals surface area contributed by atoms with Gasteiger partial charge in [0.2, 0.25) is 0 Å². The summed E-state index contributed by atoms with van der Waals surface area (Å²) in [6, 6.07) is 0.731. The molecule has 0 rings (SSSR count). The van der Waals surface area contributed by atoms with Crippen LogP contribution in [-0.2, 0) is 64.6 Å². The molecule has 0 saturated carbocycles. The van der Waals surface area contributed by atoms with Gasteiger partial charge in [0.1, 0.15) is 13.2 Å². The maximum atomic E-state index is 13.4. The van der Waals surface area contributed by atoms with E-state index in [0.29, 0.717) is 24.9 Å². The van der Waals surface area contributed by atoms with Gasteiger partial charge in [-0.05, 0) is 12.8 Å². The number of alkyl halides is 9. The molecule has 1 N–H and O–H groups in total. The van der Waals surface area contributed by atoms with Crippen LogP contribution in [0.5, 0.6) is 0 Å². The van der Waals surface area contributed by atoms with Crippen molar-refractivity contribution in [1.29, 1.82) is 0 Å². The Morgan fingerprint density at radius 3 is 1.58 bits per heavy atom. The van der Waals surface area contributed by atoms with Crippen molar-refractivity contribution in [3.05, 3.63) is 0 Å². The molecule has 0 saturated heterocycles. The summed E-state index contributed by atoms with van der Waals surface area (Å²) < 4.78 is 172. The molecular formula is C26H44F9NO15Si2. The highest BCUT2D eigenvalue weighted by Crippen LogP contribution is 2.45. The van der Waals surface area contributed by atoms with Gasteiger partial charge >= 0.3 is 60.1 Å². The molecule has 0 bridgehead atoms. The van der Waals surface area contributed by atoms with Gasteiger partial charge in [0.25, 0.3) is 0 Å². The first-order valence-corrected chi connectivity index (χ1v) is 19.1. The fourth-order valence-corrected chi connectivity index (χ4v) is 7.16. The highest BCUT2D eigenvalue weighted by molar-refractivity contribution is 6.60. The predicted octanol–water partition coefficient (Wildman–Crippen LogP) is 3.87. The van der Waals surface area contributed by atoms with Crippen LogP contribution in [0.3, 0.4) is 0 Å². The normalized spacial score (nSPS) is 13.8. The number of ether oxygens (including phenoxy) is 6. The highest BCUT2D eigenvalue weighted by Gasteiger charge is 2.71. The predicted molar refractivity (Wildman–Crippen MR) is 161 cm³/mol. The van der Waals surface area contributed by atoms with Crippen molar-refractivity contribution < 1.29 is 109 Å². The molecule has 314 valence electrons. The lowest BCUT2D eigenvalue weighted by molar-refractivity contribution is -0.516. The number of hydrogen-bond donors (Lipinski definition) is 1. The number of nitrogens with one attached hydrogen (secondary N) is 1. The third kappa shape index (κ3) is 18.2. The van der Waals surface area contributed by atoms with Crippen molar-refractivity contribution >= 4 is 35.6 Å². The van der Waals surface area contributed by atoms with Crippen LogP contribution < -0.4 is 5.32 Å². The highest BCUT2D eigenvalue weighted by atomic mass is 28.4. The first kappa shape index (κ1) is 50.7. The van der Waals surface area contributed by atoms with Crippen molar-refractivity contribution in [3.8, 4) is 0 Å². The molecule has 1 unspecified atom stereocenters. The van der Waals surface area contributed by atoms with Gasteiger partial charge in [-0.2, -0.15) is 39.5 Å². The van der Waals surface area contributed by atoms with E-state index >= 15 is 0 Å². The summed E-state index contributed by atoms with van der Waals surface area (Å²) in [6.45, 7) is -3.42. The van der Waals surface area contributed by atoms with E-state index in [1.54, 1.807) is 0 Å². The number of carbonyl (C=O) groups excluding carboxylic acids is 3. The van der Waals surface area contributed by atoms with E-state index in [2.05, 4.69) is 14.8 Å². The summed E-state index contributed by atoms with van der Waals surface area (Å²) in [5, 5.41) is 2.50. The topological polar surface area (TPSA) is 174 Å². The summed E-state index contributed by atoms with van der Waals surface area (Å²) in [5.41, 5.74) is 0. The minimum atomic E-state index is -6.75. The van der Waals surface area contributed by atoms with Gasteiger partial charge in [-0.15, -0.1) is 0 Å². The monoisotopic (exact) mass is 837 g/mol. The molecule has 1 amide bonds. The molecule has 53 heavy (non-hydrogen) atoms. The van der Waals surface area contributed by atoms with Crippen LogP contribution >= 0.6 is 0 Å². The van der Waals surface area contributed by atoms with E-state index in [9.17, 15) is 53.9 Å². The zero-order chi connectivity index (χ0) is 41.0. The zero-order valence-corrected chi connectivity index (χ0v) is 31.6. The first-order valence-electron chi connectivity index (χ1n) is 15.2. The van der Waals surface area contributed by atoms with Gasteiger partial charge in [-0.25, -0.2) is 9.53 Å². The van der Waals surface area contributed by atoms with E-state index in [0.717, 1.165) is 0 Å².